The van der Waals surface area contributed by atoms with Crippen molar-refractivity contribution < 1.29 is 13.5 Å². The number of benzene rings is 2. The van der Waals surface area contributed by atoms with E-state index in [1.165, 1.54) is 56.0 Å². The lowest BCUT2D eigenvalue weighted by Gasteiger charge is -2.26. The third-order valence-corrected chi connectivity index (χ3v) is 7.94. The Labute approximate surface area is 182 Å². The molecule has 1 unspecified atom stereocenters. The van der Waals surface area contributed by atoms with E-state index in [-0.39, 0.29) is 4.90 Å². The zero-order chi connectivity index (χ0) is 21.3. The second-order valence-corrected chi connectivity index (χ2v) is 10.9. The molecule has 0 radical (unpaired) electrons. The van der Waals surface area contributed by atoms with Gasteiger partial charge in [-0.2, -0.15) is 0 Å². The molecule has 30 heavy (non-hydrogen) atoms. The Balaban J connectivity index is 1.54. The lowest BCUT2D eigenvalue weighted by molar-refractivity contribution is 0.272. The molecular formula is C22H29N3O3S2. The van der Waals surface area contributed by atoms with E-state index in [4.69, 9.17) is 5.14 Å². The smallest absolute Gasteiger partial charge is 0.238 e. The molecule has 6 nitrogen and oxygen atoms in total. The van der Waals surface area contributed by atoms with Gasteiger partial charge in [0.1, 0.15) is 0 Å². The zero-order valence-electron chi connectivity index (χ0n) is 17.1. The summed E-state index contributed by atoms with van der Waals surface area (Å²) >= 11 is 1.22. The fraction of sp³-hybridized carbons (Fsp3) is 0.455. The number of nitrogens with one attached hydrogen (secondary N) is 1. The Kier molecular flexibility index (Phi) is 6.41. The third-order valence-electron chi connectivity index (χ3n) is 6.03. The Morgan fingerprint density at radius 1 is 1.20 bits per heavy atom. The van der Waals surface area contributed by atoms with E-state index in [1.54, 1.807) is 6.07 Å². The molecule has 0 aromatic heterocycles. The molecule has 1 fully saturated rings. The van der Waals surface area contributed by atoms with Gasteiger partial charge in [-0.15, -0.1) is 0 Å². The predicted molar refractivity (Wildman–Crippen MR) is 121 cm³/mol. The van der Waals surface area contributed by atoms with Crippen LogP contribution in [-0.2, 0) is 16.6 Å². The maximum atomic E-state index is 11.7. The molecule has 0 saturated heterocycles. The van der Waals surface area contributed by atoms with Crippen molar-refractivity contribution in [1.29, 1.82) is 0 Å². The molecule has 1 aliphatic carbocycles. The van der Waals surface area contributed by atoms with Crippen molar-refractivity contribution >= 4 is 33.2 Å². The highest BCUT2D eigenvalue weighted by Crippen LogP contribution is 2.47. The van der Waals surface area contributed by atoms with Gasteiger partial charge in [0, 0.05) is 23.2 Å². The molecule has 4 rings (SSSR count). The summed E-state index contributed by atoms with van der Waals surface area (Å²) in [6.45, 7) is 2.95. The number of thioether (sulfide) groups is 1. The van der Waals surface area contributed by atoms with Gasteiger partial charge in [-0.25, -0.2) is 13.6 Å². The van der Waals surface area contributed by atoms with Crippen LogP contribution >= 0.6 is 11.8 Å². The highest BCUT2D eigenvalue weighted by Gasteiger charge is 2.32. The number of fused-ring (bicyclic) bond motifs is 1. The molecule has 1 aliphatic heterocycles. The molecule has 1 saturated carbocycles. The average molecular weight is 448 g/mol. The van der Waals surface area contributed by atoms with E-state index in [0.29, 0.717) is 17.5 Å². The summed E-state index contributed by atoms with van der Waals surface area (Å²) in [5.41, 5.74) is 1.97. The van der Waals surface area contributed by atoms with Crippen LogP contribution in [0.5, 0.6) is 0 Å². The van der Waals surface area contributed by atoms with Crippen LogP contribution in [0.4, 0.5) is 11.4 Å². The standard InChI is InChI=1S/C22H29N3O3S2/c1-15(12-16-6-2-3-7-16)24-14-17-8-4-5-9-19(17)25-20-11-10-18(30(23,27)28)13-21(20)29-22(25)26/h4-5,8-11,13,15-16,22,24,26H,2-3,6-7,12,14H2,1H3,(H2,23,27,28)/t15-,22?/m0/s1. The summed E-state index contributed by atoms with van der Waals surface area (Å²) in [5, 5.41) is 19.6. The number of anilines is 2. The van der Waals surface area contributed by atoms with Gasteiger partial charge in [0.15, 0.2) is 5.56 Å². The molecule has 8 heteroatoms. The molecule has 162 valence electrons. The van der Waals surface area contributed by atoms with E-state index in [2.05, 4.69) is 18.3 Å². The van der Waals surface area contributed by atoms with Gasteiger partial charge < -0.3 is 15.3 Å². The minimum Gasteiger partial charge on any atom is -0.364 e. The molecule has 0 amide bonds. The van der Waals surface area contributed by atoms with Crippen molar-refractivity contribution in [1.82, 2.24) is 5.32 Å². The molecule has 0 spiro atoms. The number of aliphatic hydroxyl groups excluding tert-OH is 1. The predicted octanol–water partition coefficient (Wildman–Crippen LogP) is 3.91. The lowest BCUT2D eigenvalue weighted by atomic mass is 9.99. The van der Waals surface area contributed by atoms with Crippen molar-refractivity contribution in [2.75, 3.05) is 4.90 Å². The Morgan fingerprint density at radius 3 is 2.67 bits per heavy atom. The number of primary sulfonamides is 1. The molecular weight excluding hydrogens is 418 g/mol. The van der Waals surface area contributed by atoms with Crippen LogP contribution in [0.15, 0.2) is 52.3 Å². The SMILES string of the molecule is C[C@@H](CC1CCCC1)NCc1ccccc1N1c2ccc(S(N)(=O)=O)cc2SC1O. The number of nitrogens with two attached hydrogens (primary N) is 1. The fourth-order valence-electron chi connectivity index (χ4n) is 4.51. The average Bonchev–Trinajstić information content (AvgIpc) is 3.32. The summed E-state index contributed by atoms with van der Waals surface area (Å²) in [4.78, 5) is 2.61. The number of sulfonamides is 1. The van der Waals surface area contributed by atoms with Crippen LogP contribution in [0, 0.1) is 5.92 Å². The van der Waals surface area contributed by atoms with E-state index in [9.17, 15) is 13.5 Å². The molecule has 0 bridgehead atoms. The number of rotatable bonds is 7. The number of para-hydroxylation sites is 1. The summed E-state index contributed by atoms with van der Waals surface area (Å²) in [6, 6.07) is 13.2. The monoisotopic (exact) mass is 447 g/mol. The molecule has 2 aliphatic rings. The van der Waals surface area contributed by atoms with Gasteiger partial charge in [-0.3, -0.25) is 0 Å². The molecule has 1 heterocycles. The van der Waals surface area contributed by atoms with Crippen molar-refractivity contribution in [2.24, 2.45) is 11.1 Å². The Hall–Kier alpha value is -1.58. The van der Waals surface area contributed by atoms with Crippen LogP contribution in [0.3, 0.4) is 0 Å². The van der Waals surface area contributed by atoms with Crippen LogP contribution < -0.4 is 15.4 Å². The van der Waals surface area contributed by atoms with Gasteiger partial charge >= 0.3 is 0 Å². The molecule has 2 aromatic carbocycles. The van der Waals surface area contributed by atoms with Crippen molar-refractivity contribution in [3.05, 3.63) is 48.0 Å². The molecule has 2 atom stereocenters. The van der Waals surface area contributed by atoms with Crippen LogP contribution in [0.1, 0.15) is 44.6 Å². The van der Waals surface area contributed by atoms with Crippen LogP contribution in [0.25, 0.3) is 0 Å². The summed E-state index contributed by atoms with van der Waals surface area (Å²) < 4.78 is 23.4. The highest BCUT2D eigenvalue weighted by atomic mass is 32.2. The number of nitrogens with zero attached hydrogens (tertiary/aromatic N) is 1. The maximum Gasteiger partial charge on any atom is 0.238 e. The van der Waals surface area contributed by atoms with Gasteiger partial charge in [-0.05, 0) is 49.1 Å². The first-order chi connectivity index (χ1) is 14.3. The Morgan fingerprint density at radius 2 is 1.93 bits per heavy atom. The van der Waals surface area contributed by atoms with Gasteiger partial charge in [0.2, 0.25) is 10.0 Å². The lowest BCUT2D eigenvalue weighted by Crippen LogP contribution is -2.29. The minimum atomic E-state index is -3.78. The summed E-state index contributed by atoms with van der Waals surface area (Å²) in [5.74, 6) is 0.833. The molecule has 2 aromatic rings. The van der Waals surface area contributed by atoms with E-state index < -0.39 is 15.6 Å². The zero-order valence-corrected chi connectivity index (χ0v) is 18.8. The van der Waals surface area contributed by atoms with E-state index in [0.717, 1.165) is 22.9 Å². The van der Waals surface area contributed by atoms with Gasteiger partial charge in [0.25, 0.3) is 0 Å². The number of aliphatic hydroxyl groups is 1. The van der Waals surface area contributed by atoms with Crippen molar-refractivity contribution in [2.45, 2.75) is 67.0 Å². The van der Waals surface area contributed by atoms with Crippen molar-refractivity contribution in [3.8, 4) is 0 Å². The van der Waals surface area contributed by atoms with E-state index in [1.807, 2.05) is 23.1 Å². The quantitative estimate of drug-likeness (QED) is 0.596. The Bertz CT molecular complexity index is 1010. The topological polar surface area (TPSA) is 95.7 Å². The third kappa shape index (κ3) is 4.68. The number of hydrogen-bond acceptors (Lipinski definition) is 6. The van der Waals surface area contributed by atoms with Crippen molar-refractivity contribution in [3.63, 3.8) is 0 Å². The second-order valence-electron chi connectivity index (χ2n) is 8.29. The summed E-state index contributed by atoms with van der Waals surface area (Å²) in [6.07, 6.45) is 6.60. The fourth-order valence-corrected chi connectivity index (χ4v) is 6.16. The first-order valence-corrected chi connectivity index (χ1v) is 12.9. The second kappa shape index (κ2) is 8.88. The summed E-state index contributed by atoms with van der Waals surface area (Å²) in [7, 11) is -3.78. The number of hydrogen-bond donors (Lipinski definition) is 3. The minimum absolute atomic E-state index is 0.0542. The first kappa shape index (κ1) is 21.6. The van der Waals surface area contributed by atoms with Crippen LogP contribution in [-0.4, -0.2) is 25.1 Å². The largest absolute Gasteiger partial charge is 0.364 e. The van der Waals surface area contributed by atoms with Crippen LogP contribution in [0.2, 0.25) is 0 Å². The van der Waals surface area contributed by atoms with Gasteiger partial charge in [0.05, 0.1) is 10.6 Å². The molecule has 4 N–H and O–H groups in total. The van der Waals surface area contributed by atoms with Gasteiger partial charge in [-0.1, -0.05) is 55.6 Å². The highest BCUT2D eigenvalue weighted by molar-refractivity contribution is 8.00. The maximum absolute atomic E-state index is 11.7. The van der Waals surface area contributed by atoms with E-state index >= 15 is 0 Å². The first-order valence-electron chi connectivity index (χ1n) is 10.4. The normalized spacial score (nSPS) is 20.5.